The van der Waals surface area contributed by atoms with Crippen molar-refractivity contribution in [3.63, 3.8) is 0 Å². The second-order valence-corrected chi connectivity index (χ2v) is 6.34. The van der Waals surface area contributed by atoms with Gasteiger partial charge in [0.1, 0.15) is 0 Å². The third-order valence-electron chi connectivity index (χ3n) is 4.92. The maximum Gasteiger partial charge on any atom is 0.306 e. The molecule has 0 saturated heterocycles. The molecule has 0 radical (unpaired) electrons. The van der Waals surface area contributed by atoms with Crippen LogP contribution in [0.15, 0.2) is 0 Å². The molecule has 130 valence electrons. The first-order chi connectivity index (χ1) is 11.1. The first-order valence-corrected chi connectivity index (χ1v) is 8.71. The van der Waals surface area contributed by atoms with Crippen LogP contribution in [0.4, 0.5) is 0 Å². The van der Waals surface area contributed by atoms with Gasteiger partial charge in [0, 0.05) is 0 Å². The minimum absolute atomic E-state index is 0.0926. The van der Waals surface area contributed by atoms with Gasteiger partial charge in [0.2, 0.25) is 0 Å². The lowest BCUT2D eigenvalue weighted by atomic mass is 9.74. The van der Waals surface area contributed by atoms with E-state index in [1.807, 2.05) is 0 Å². The van der Waals surface area contributed by atoms with Gasteiger partial charge in [0.15, 0.2) is 0 Å². The molecule has 0 bridgehead atoms. The number of ether oxygens (including phenoxy) is 2. The largest absolute Gasteiger partial charge is 0.469 e. The van der Waals surface area contributed by atoms with E-state index in [4.69, 9.17) is 0 Å². The summed E-state index contributed by atoms with van der Waals surface area (Å²) in [5, 5.41) is 9.23. The van der Waals surface area contributed by atoms with Gasteiger partial charge in [-0.3, -0.25) is 9.59 Å². The fourth-order valence-electron chi connectivity index (χ4n) is 3.63. The topological polar surface area (TPSA) is 76.4 Å². The third-order valence-corrected chi connectivity index (χ3v) is 4.92. The smallest absolute Gasteiger partial charge is 0.306 e. The Labute approximate surface area is 139 Å². The van der Waals surface area contributed by atoms with Crippen molar-refractivity contribution in [1.82, 2.24) is 0 Å². The maximum atomic E-state index is 10.6. The summed E-state index contributed by atoms with van der Waals surface area (Å²) in [4.78, 5) is 21.1. The molecular weight excluding hydrogens is 294 g/mol. The van der Waals surface area contributed by atoms with Crippen LogP contribution >= 0.6 is 0 Å². The van der Waals surface area contributed by atoms with Gasteiger partial charge in [-0.05, 0) is 38.5 Å². The van der Waals surface area contributed by atoms with Crippen LogP contribution in [0.25, 0.3) is 0 Å². The molecule has 0 N–H and O–H groups in total. The van der Waals surface area contributed by atoms with E-state index in [9.17, 15) is 14.9 Å². The van der Waals surface area contributed by atoms with E-state index in [1.54, 1.807) is 6.92 Å². The minimum atomic E-state index is -0.391. The molecule has 0 aromatic rings. The number of hydrogen-bond donors (Lipinski definition) is 0. The highest BCUT2D eigenvalue weighted by Crippen LogP contribution is 2.49. The molecule has 0 aromatic heterocycles. The van der Waals surface area contributed by atoms with Gasteiger partial charge in [-0.1, -0.05) is 25.7 Å². The van der Waals surface area contributed by atoms with Gasteiger partial charge < -0.3 is 9.47 Å². The number of rotatable bonds is 5. The molecule has 0 aromatic carbocycles. The molecule has 2 aliphatic rings. The van der Waals surface area contributed by atoms with Gasteiger partial charge in [-0.2, -0.15) is 5.26 Å². The molecule has 23 heavy (non-hydrogen) atoms. The molecule has 5 heteroatoms. The molecule has 0 atom stereocenters. The number of carbonyl (C=O) groups is 2. The fraction of sp³-hybridized carbons (Fsp3) is 0.833. The van der Waals surface area contributed by atoms with Gasteiger partial charge in [0.25, 0.3) is 0 Å². The molecule has 5 nitrogen and oxygen atoms in total. The van der Waals surface area contributed by atoms with Crippen molar-refractivity contribution in [3.8, 4) is 6.07 Å². The third kappa shape index (κ3) is 6.21. The zero-order chi connectivity index (χ0) is 17.1. The van der Waals surface area contributed by atoms with Crippen LogP contribution in [0.5, 0.6) is 0 Å². The lowest BCUT2D eigenvalue weighted by molar-refractivity contribution is -0.148. The second-order valence-electron chi connectivity index (χ2n) is 6.34. The van der Waals surface area contributed by atoms with Crippen molar-refractivity contribution in [2.45, 2.75) is 71.1 Å². The highest BCUT2D eigenvalue weighted by atomic mass is 16.5. The summed E-state index contributed by atoms with van der Waals surface area (Å²) < 4.78 is 8.92. The van der Waals surface area contributed by atoms with Crippen molar-refractivity contribution in [1.29, 1.82) is 5.26 Å². The molecule has 2 fully saturated rings. The Hall–Kier alpha value is -1.57. The van der Waals surface area contributed by atoms with Crippen molar-refractivity contribution in [2.75, 3.05) is 13.7 Å². The molecule has 2 aliphatic carbocycles. The van der Waals surface area contributed by atoms with E-state index in [2.05, 4.69) is 15.5 Å². The van der Waals surface area contributed by atoms with Gasteiger partial charge in [-0.25, -0.2) is 0 Å². The molecular formula is C18H29NO4. The van der Waals surface area contributed by atoms with Crippen molar-refractivity contribution < 1.29 is 19.1 Å². The Morgan fingerprint density at radius 2 is 1.65 bits per heavy atom. The average Bonchev–Trinajstić information content (AvgIpc) is 3.24. The van der Waals surface area contributed by atoms with Gasteiger partial charge in [-0.15, -0.1) is 0 Å². The zero-order valence-corrected chi connectivity index (χ0v) is 14.4. The van der Waals surface area contributed by atoms with Gasteiger partial charge in [0.05, 0.1) is 38.0 Å². The summed E-state index contributed by atoms with van der Waals surface area (Å²) in [6.07, 6.45) is 10.6. The molecule has 2 rings (SSSR count). The summed E-state index contributed by atoms with van der Waals surface area (Å²) >= 11 is 0. The Morgan fingerprint density at radius 3 is 2.13 bits per heavy atom. The zero-order valence-electron chi connectivity index (χ0n) is 14.4. The minimum Gasteiger partial charge on any atom is -0.469 e. The molecule has 0 amide bonds. The Morgan fingerprint density at radius 1 is 1.09 bits per heavy atom. The first kappa shape index (κ1) is 19.5. The standard InChI is InChI=1S/C11H17N.C7H12O4/c12-9-11(7-3-4-8-11)10-5-1-2-6-10;1-3-11-7(9)5-4-6(8)10-2/h10H,1-8H2;3-5H2,1-2H3. The second kappa shape index (κ2) is 10.3. The lowest BCUT2D eigenvalue weighted by Gasteiger charge is -2.27. The molecule has 2 saturated carbocycles. The maximum absolute atomic E-state index is 10.6. The van der Waals surface area contributed by atoms with E-state index >= 15 is 0 Å². The van der Waals surface area contributed by atoms with Crippen molar-refractivity contribution in [2.24, 2.45) is 11.3 Å². The van der Waals surface area contributed by atoms with Crippen LogP contribution in [0.1, 0.15) is 71.1 Å². The molecule has 0 heterocycles. The highest BCUT2D eigenvalue weighted by molar-refractivity contribution is 5.77. The first-order valence-electron chi connectivity index (χ1n) is 8.71. The van der Waals surface area contributed by atoms with E-state index in [-0.39, 0.29) is 24.2 Å². The summed E-state index contributed by atoms with van der Waals surface area (Å²) in [6.45, 7) is 2.07. The summed E-state index contributed by atoms with van der Waals surface area (Å²) in [7, 11) is 1.29. The summed E-state index contributed by atoms with van der Waals surface area (Å²) in [6, 6.07) is 2.62. The predicted octanol–water partition coefficient (Wildman–Crippen LogP) is 3.76. The SMILES string of the molecule is CCOC(=O)CCC(=O)OC.N#CC1(C2CCCC2)CCCC1. The number of nitriles is 1. The van der Waals surface area contributed by atoms with Gasteiger partial charge >= 0.3 is 11.9 Å². The van der Waals surface area contributed by atoms with Crippen LogP contribution in [0, 0.1) is 22.7 Å². The molecule has 0 unspecified atom stereocenters. The molecule has 0 spiro atoms. The Kier molecular flexibility index (Phi) is 8.68. The monoisotopic (exact) mass is 323 g/mol. The molecule has 0 aliphatic heterocycles. The number of esters is 2. The van der Waals surface area contributed by atoms with Crippen LogP contribution < -0.4 is 0 Å². The summed E-state index contributed by atoms with van der Waals surface area (Å²) in [5.41, 5.74) is 0.122. The Balaban J connectivity index is 0.000000232. The highest BCUT2D eigenvalue weighted by Gasteiger charge is 2.42. The lowest BCUT2D eigenvalue weighted by Crippen LogP contribution is -2.23. The Bertz CT molecular complexity index is 415. The van der Waals surface area contributed by atoms with E-state index in [1.165, 1.54) is 58.5 Å². The van der Waals surface area contributed by atoms with Crippen molar-refractivity contribution >= 4 is 11.9 Å². The predicted molar refractivity (Wildman–Crippen MR) is 86.4 cm³/mol. The van der Waals surface area contributed by atoms with Crippen LogP contribution in [0.2, 0.25) is 0 Å². The quantitative estimate of drug-likeness (QED) is 0.720. The van der Waals surface area contributed by atoms with Crippen molar-refractivity contribution in [3.05, 3.63) is 0 Å². The number of hydrogen-bond acceptors (Lipinski definition) is 5. The number of methoxy groups -OCH3 is 1. The van der Waals surface area contributed by atoms with E-state index in [0.29, 0.717) is 6.61 Å². The normalized spacial score (nSPS) is 19.3. The van der Waals surface area contributed by atoms with E-state index in [0.717, 1.165) is 5.92 Å². The number of nitrogens with zero attached hydrogens (tertiary/aromatic N) is 1. The van der Waals surface area contributed by atoms with Crippen LogP contribution in [0.3, 0.4) is 0 Å². The fourth-order valence-corrected chi connectivity index (χ4v) is 3.63. The number of carbonyl (C=O) groups excluding carboxylic acids is 2. The average molecular weight is 323 g/mol. The van der Waals surface area contributed by atoms with Crippen LogP contribution in [-0.4, -0.2) is 25.7 Å². The summed E-state index contributed by atoms with van der Waals surface area (Å²) in [5.74, 6) is 0.000882. The van der Waals surface area contributed by atoms with E-state index < -0.39 is 5.97 Å². The van der Waals surface area contributed by atoms with Crippen LogP contribution in [-0.2, 0) is 19.1 Å².